The second-order valence-electron chi connectivity index (χ2n) is 5.34. The molecule has 3 rings (SSSR count). The second kappa shape index (κ2) is 6.77. The predicted molar refractivity (Wildman–Crippen MR) is 87.7 cm³/mol. The zero-order valence-electron chi connectivity index (χ0n) is 12.3. The molecular formula is C16H17ClN2O2S. The third kappa shape index (κ3) is 3.48. The molecule has 2 heterocycles. The van der Waals surface area contributed by atoms with E-state index in [9.17, 15) is 4.79 Å². The van der Waals surface area contributed by atoms with Gasteiger partial charge < -0.3 is 9.64 Å². The van der Waals surface area contributed by atoms with Gasteiger partial charge in [0.1, 0.15) is 4.88 Å². The lowest BCUT2D eigenvalue weighted by Crippen LogP contribution is -2.46. The lowest BCUT2D eigenvalue weighted by Gasteiger charge is -2.33. The molecule has 1 aliphatic heterocycles. The maximum Gasteiger partial charge on any atom is 0.266 e. The number of aryl methyl sites for hydroxylation is 1. The van der Waals surface area contributed by atoms with E-state index >= 15 is 0 Å². The van der Waals surface area contributed by atoms with Crippen molar-refractivity contribution < 1.29 is 9.53 Å². The summed E-state index contributed by atoms with van der Waals surface area (Å²) in [6, 6.07) is 7.76. The molecule has 0 radical (unpaired) electrons. The van der Waals surface area contributed by atoms with E-state index in [1.165, 1.54) is 11.3 Å². The Morgan fingerprint density at radius 1 is 1.45 bits per heavy atom. The number of aromatic nitrogens is 1. The summed E-state index contributed by atoms with van der Waals surface area (Å²) in [5, 5.41) is 0.728. The molecule has 0 bridgehead atoms. The highest BCUT2D eigenvalue weighted by Gasteiger charge is 2.26. The molecule has 0 saturated carbocycles. The average Bonchev–Trinajstić information content (AvgIpc) is 2.95. The van der Waals surface area contributed by atoms with Crippen molar-refractivity contribution in [3.05, 3.63) is 50.9 Å². The van der Waals surface area contributed by atoms with Crippen molar-refractivity contribution in [3.8, 4) is 0 Å². The fraction of sp³-hybridized carbons (Fsp3) is 0.375. The monoisotopic (exact) mass is 336 g/mol. The van der Waals surface area contributed by atoms with Gasteiger partial charge in [0.25, 0.3) is 5.91 Å². The molecule has 1 fully saturated rings. The van der Waals surface area contributed by atoms with Crippen LogP contribution in [0.3, 0.4) is 0 Å². The van der Waals surface area contributed by atoms with Gasteiger partial charge in [0, 0.05) is 24.5 Å². The van der Waals surface area contributed by atoms with Crippen LogP contribution in [0, 0.1) is 6.92 Å². The number of halogens is 1. The van der Waals surface area contributed by atoms with E-state index in [0.717, 1.165) is 27.6 Å². The molecule has 0 N–H and O–H groups in total. The van der Waals surface area contributed by atoms with Gasteiger partial charge in [-0.2, -0.15) is 0 Å². The van der Waals surface area contributed by atoms with Crippen LogP contribution < -0.4 is 0 Å². The molecule has 1 unspecified atom stereocenters. The molecule has 4 nitrogen and oxygen atoms in total. The van der Waals surface area contributed by atoms with Gasteiger partial charge >= 0.3 is 0 Å². The summed E-state index contributed by atoms with van der Waals surface area (Å²) in [5.41, 5.74) is 3.68. The Labute approximate surface area is 138 Å². The zero-order chi connectivity index (χ0) is 15.5. The first-order valence-electron chi connectivity index (χ1n) is 7.19. The number of nitrogens with zero attached hydrogens (tertiary/aromatic N) is 2. The number of hydrogen-bond acceptors (Lipinski definition) is 4. The van der Waals surface area contributed by atoms with Gasteiger partial charge in [0.15, 0.2) is 0 Å². The smallest absolute Gasteiger partial charge is 0.266 e. The lowest BCUT2D eigenvalue weighted by atomic mass is 10.1. The molecule has 1 aliphatic rings. The average molecular weight is 337 g/mol. The highest BCUT2D eigenvalue weighted by Crippen LogP contribution is 2.19. The molecule has 1 aromatic heterocycles. The molecule has 0 spiro atoms. The first-order valence-corrected chi connectivity index (χ1v) is 8.44. The van der Waals surface area contributed by atoms with Crippen molar-refractivity contribution in [1.82, 2.24) is 9.88 Å². The predicted octanol–water partition coefficient (Wildman–Crippen LogP) is 3.19. The van der Waals surface area contributed by atoms with E-state index in [1.807, 2.05) is 36.1 Å². The van der Waals surface area contributed by atoms with Crippen LogP contribution in [0.2, 0.25) is 5.02 Å². The first kappa shape index (κ1) is 15.5. The van der Waals surface area contributed by atoms with Crippen molar-refractivity contribution in [2.24, 2.45) is 0 Å². The number of thiazole rings is 1. The summed E-state index contributed by atoms with van der Waals surface area (Å²) >= 11 is 7.30. The molecule has 1 aromatic carbocycles. The van der Waals surface area contributed by atoms with Gasteiger partial charge in [-0.25, -0.2) is 4.98 Å². The summed E-state index contributed by atoms with van der Waals surface area (Å²) in [7, 11) is 0. The van der Waals surface area contributed by atoms with Crippen molar-refractivity contribution in [3.63, 3.8) is 0 Å². The van der Waals surface area contributed by atoms with Crippen molar-refractivity contribution in [2.75, 3.05) is 19.7 Å². The summed E-state index contributed by atoms with van der Waals surface area (Å²) in [5.74, 6) is 0.0596. The van der Waals surface area contributed by atoms with Crippen LogP contribution >= 0.6 is 22.9 Å². The highest BCUT2D eigenvalue weighted by molar-refractivity contribution is 7.11. The Balaban J connectivity index is 1.65. The quantitative estimate of drug-likeness (QED) is 0.864. The van der Waals surface area contributed by atoms with Gasteiger partial charge in [0.05, 0.1) is 23.9 Å². The van der Waals surface area contributed by atoms with E-state index in [4.69, 9.17) is 16.3 Å². The maximum atomic E-state index is 12.5. The van der Waals surface area contributed by atoms with Gasteiger partial charge in [-0.05, 0) is 24.6 Å². The van der Waals surface area contributed by atoms with Gasteiger partial charge in [-0.15, -0.1) is 11.3 Å². The minimum Gasteiger partial charge on any atom is -0.374 e. The van der Waals surface area contributed by atoms with Crippen LogP contribution in [0.1, 0.15) is 20.9 Å². The number of carbonyl (C=O) groups is 1. The third-order valence-corrected chi connectivity index (χ3v) is 4.91. The topological polar surface area (TPSA) is 42.4 Å². The Hall–Kier alpha value is -1.43. The van der Waals surface area contributed by atoms with E-state index < -0.39 is 0 Å². The summed E-state index contributed by atoms with van der Waals surface area (Å²) in [6.45, 7) is 3.68. The third-order valence-electron chi connectivity index (χ3n) is 3.74. The Morgan fingerprint density at radius 3 is 2.91 bits per heavy atom. The molecule has 116 valence electrons. The van der Waals surface area contributed by atoms with E-state index in [0.29, 0.717) is 19.7 Å². The fourth-order valence-electron chi connectivity index (χ4n) is 2.56. The lowest BCUT2D eigenvalue weighted by molar-refractivity contribution is -0.0206. The molecule has 0 aliphatic carbocycles. The largest absolute Gasteiger partial charge is 0.374 e. The number of rotatable bonds is 3. The van der Waals surface area contributed by atoms with E-state index in [1.54, 1.807) is 5.51 Å². The van der Waals surface area contributed by atoms with Crippen LogP contribution in [0.5, 0.6) is 0 Å². The zero-order valence-corrected chi connectivity index (χ0v) is 13.9. The second-order valence-corrected chi connectivity index (χ2v) is 6.63. The Morgan fingerprint density at radius 2 is 2.23 bits per heavy atom. The first-order chi connectivity index (χ1) is 10.6. The maximum absolute atomic E-state index is 12.5. The van der Waals surface area contributed by atoms with Crippen LogP contribution in [0.15, 0.2) is 29.8 Å². The SMILES string of the molecule is Cc1ncsc1C(=O)N1CCOC(Cc2ccc(Cl)cc2)C1. The standard InChI is InChI=1S/C16H17ClN2O2S/c1-11-15(22-10-18-11)16(20)19-6-7-21-14(9-19)8-12-2-4-13(17)5-3-12/h2-5,10,14H,6-9H2,1H3. The van der Waals surface area contributed by atoms with Gasteiger partial charge in [-0.1, -0.05) is 23.7 Å². The number of ether oxygens (including phenoxy) is 1. The number of hydrogen-bond donors (Lipinski definition) is 0. The van der Waals surface area contributed by atoms with Crippen LogP contribution in [0.4, 0.5) is 0 Å². The number of amides is 1. The van der Waals surface area contributed by atoms with Crippen LogP contribution in [-0.2, 0) is 11.2 Å². The number of morpholine rings is 1. The Bertz CT molecular complexity index is 656. The molecule has 1 saturated heterocycles. The van der Waals surface area contributed by atoms with Crippen molar-refractivity contribution in [2.45, 2.75) is 19.4 Å². The summed E-state index contributed by atoms with van der Waals surface area (Å²) in [6.07, 6.45) is 0.801. The van der Waals surface area contributed by atoms with Gasteiger partial charge in [0.2, 0.25) is 0 Å². The van der Waals surface area contributed by atoms with Gasteiger partial charge in [-0.3, -0.25) is 4.79 Å². The Kier molecular flexibility index (Phi) is 4.76. The molecule has 22 heavy (non-hydrogen) atoms. The molecule has 6 heteroatoms. The normalized spacial score (nSPS) is 18.5. The number of carbonyl (C=O) groups excluding carboxylic acids is 1. The highest BCUT2D eigenvalue weighted by atomic mass is 35.5. The summed E-state index contributed by atoms with van der Waals surface area (Å²) in [4.78, 5) is 19.3. The fourth-order valence-corrected chi connectivity index (χ4v) is 3.46. The van der Waals surface area contributed by atoms with E-state index in [-0.39, 0.29) is 12.0 Å². The molecule has 1 atom stereocenters. The minimum absolute atomic E-state index is 0.0205. The van der Waals surface area contributed by atoms with Crippen molar-refractivity contribution in [1.29, 1.82) is 0 Å². The number of benzene rings is 1. The summed E-state index contributed by atoms with van der Waals surface area (Å²) < 4.78 is 5.80. The van der Waals surface area contributed by atoms with Crippen molar-refractivity contribution >= 4 is 28.8 Å². The van der Waals surface area contributed by atoms with Crippen LogP contribution in [0.25, 0.3) is 0 Å². The minimum atomic E-state index is 0.0205. The molecule has 2 aromatic rings. The molecule has 1 amide bonds. The van der Waals surface area contributed by atoms with E-state index in [2.05, 4.69) is 4.98 Å². The molecular weight excluding hydrogens is 320 g/mol. The van der Waals surface area contributed by atoms with Crippen LogP contribution in [-0.4, -0.2) is 41.6 Å².